The average molecular weight is 425 g/mol. The number of hydrogen-bond donors (Lipinski definition) is 1. The maximum absolute atomic E-state index is 12.9. The van der Waals surface area contributed by atoms with Crippen molar-refractivity contribution < 1.29 is 14.6 Å². The van der Waals surface area contributed by atoms with E-state index in [0.717, 1.165) is 22.3 Å². The molecule has 0 bridgehead atoms. The molecule has 0 saturated carbocycles. The molecule has 3 rings (SSSR count). The molecule has 0 aliphatic rings. The van der Waals surface area contributed by atoms with Crippen molar-refractivity contribution in [2.75, 3.05) is 0 Å². The van der Waals surface area contributed by atoms with Crippen molar-refractivity contribution in [3.63, 3.8) is 0 Å². The lowest BCUT2D eigenvalue weighted by atomic mass is 10.0. The predicted octanol–water partition coefficient (Wildman–Crippen LogP) is 3.46. The Morgan fingerprint density at radius 2 is 1.77 bits per heavy atom. The minimum Gasteiger partial charge on any atom is -0.478 e. The molecule has 1 heterocycles. The van der Waals surface area contributed by atoms with Crippen molar-refractivity contribution in [1.82, 2.24) is 19.8 Å². The molecule has 0 saturated heterocycles. The van der Waals surface area contributed by atoms with Gasteiger partial charge < -0.3 is 9.84 Å². The van der Waals surface area contributed by atoms with E-state index in [-0.39, 0.29) is 12.2 Å². The minimum atomic E-state index is -1.35. The van der Waals surface area contributed by atoms with Crippen LogP contribution in [0, 0.1) is 13.8 Å². The summed E-state index contributed by atoms with van der Waals surface area (Å²) in [7, 11) is 0. The molecule has 0 fully saturated rings. The van der Waals surface area contributed by atoms with E-state index < -0.39 is 11.6 Å². The molecule has 0 aliphatic carbocycles. The summed E-state index contributed by atoms with van der Waals surface area (Å²) in [5, 5.41) is 17.4. The average Bonchev–Trinajstić information content (AvgIpc) is 3.05. The minimum absolute atomic E-state index is 0.243. The molecule has 2 aromatic carbocycles. The van der Waals surface area contributed by atoms with Crippen molar-refractivity contribution in [3.8, 4) is 11.4 Å². The van der Waals surface area contributed by atoms with Crippen LogP contribution in [0.5, 0.6) is 5.75 Å². The molecule has 31 heavy (non-hydrogen) atoms. The number of aryl methyl sites for hydroxylation is 2. The SMILES string of the molecule is Cc1cc(Cn2nnn(-c3cccc(C(C)C)c3)c2=O)cc(C)c1OC(C)(C)C(=O)O. The topological polar surface area (TPSA) is 99.2 Å². The van der Waals surface area contributed by atoms with Gasteiger partial charge in [-0.25, -0.2) is 9.59 Å². The molecule has 8 nitrogen and oxygen atoms in total. The molecular weight excluding hydrogens is 396 g/mol. The molecule has 0 spiro atoms. The molecule has 1 N–H and O–H groups in total. The molecule has 0 amide bonds. The maximum atomic E-state index is 12.9. The van der Waals surface area contributed by atoms with Crippen LogP contribution in [-0.4, -0.2) is 36.5 Å². The zero-order chi connectivity index (χ0) is 22.9. The van der Waals surface area contributed by atoms with Crippen LogP contribution in [-0.2, 0) is 11.3 Å². The Labute approximate surface area is 181 Å². The number of rotatable bonds is 7. The van der Waals surface area contributed by atoms with Gasteiger partial charge in [0, 0.05) is 0 Å². The van der Waals surface area contributed by atoms with Gasteiger partial charge in [0.05, 0.1) is 12.2 Å². The third kappa shape index (κ3) is 4.68. The lowest BCUT2D eigenvalue weighted by Gasteiger charge is -2.24. The molecular formula is C23H28N4O4. The van der Waals surface area contributed by atoms with E-state index in [1.54, 1.807) is 0 Å². The van der Waals surface area contributed by atoms with Crippen LogP contribution < -0.4 is 10.4 Å². The summed E-state index contributed by atoms with van der Waals surface area (Å²) >= 11 is 0. The van der Waals surface area contributed by atoms with Crippen LogP contribution in [0.4, 0.5) is 0 Å². The third-order valence-electron chi connectivity index (χ3n) is 5.15. The summed E-state index contributed by atoms with van der Waals surface area (Å²) in [4.78, 5) is 24.3. The largest absolute Gasteiger partial charge is 0.478 e. The van der Waals surface area contributed by atoms with Crippen molar-refractivity contribution in [1.29, 1.82) is 0 Å². The Hall–Kier alpha value is -3.42. The van der Waals surface area contributed by atoms with Gasteiger partial charge in [-0.1, -0.05) is 38.1 Å². The highest BCUT2D eigenvalue weighted by Crippen LogP contribution is 2.29. The second-order valence-corrected chi connectivity index (χ2v) is 8.56. The molecule has 3 aromatic rings. The summed E-state index contributed by atoms with van der Waals surface area (Å²) in [6.45, 7) is 11.1. The fourth-order valence-electron chi connectivity index (χ4n) is 3.32. The van der Waals surface area contributed by atoms with E-state index in [1.165, 1.54) is 23.2 Å². The van der Waals surface area contributed by atoms with Crippen LogP contribution in [0.3, 0.4) is 0 Å². The van der Waals surface area contributed by atoms with E-state index >= 15 is 0 Å². The van der Waals surface area contributed by atoms with Gasteiger partial charge >= 0.3 is 11.7 Å². The van der Waals surface area contributed by atoms with Crippen molar-refractivity contribution in [2.45, 2.75) is 59.6 Å². The molecule has 8 heteroatoms. The number of carboxylic acids is 1. The lowest BCUT2D eigenvalue weighted by molar-refractivity contribution is -0.152. The number of aromatic nitrogens is 4. The Morgan fingerprint density at radius 1 is 1.13 bits per heavy atom. The van der Waals surface area contributed by atoms with Crippen molar-refractivity contribution >= 4 is 5.97 Å². The number of tetrazole rings is 1. The second kappa shape index (κ2) is 8.37. The highest BCUT2D eigenvalue weighted by Gasteiger charge is 2.30. The number of ether oxygens (including phenoxy) is 1. The van der Waals surface area contributed by atoms with Gasteiger partial charge in [0.25, 0.3) is 0 Å². The van der Waals surface area contributed by atoms with Gasteiger partial charge in [-0.15, -0.1) is 0 Å². The first-order valence-corrected chi connectivity index (χ1v) is 10.2. The first-order chi connectivity index (χ1) is 14.5. The fraction of sp³-hybridized carbons (Fsp3) is 0.391. The van der Waals surface area contributed by atoms with Gasteiger partial charge in [-0.2, -0.15) is 9.36 Å². The first-order valence-electron chi connectivity index (χ1n) is 10.2. The number of nitrogens with zero attached hydrogens (tertiary/aromatic N) is 4. The molecule has 0 aliphatic heterocycles. The quantitative estimate of drug-likeness (QED) is 0.624. The Morgan fingerprint density at radius 3 is 2.35 bits per heavy atom. The zero-order valence-corrected chi connectivity index (χ0v) is 18.7. The summed E-state index contributed by atoms with van der Waals surface area (Å²) in [5.41, 5.74) is 2.54. The van der Waals surface area contributed by atoms with Crippen LogP contribution in [0.15, 0.2) is 41.2 Å². The van der Waals surface area contributed by atoms with Gasteiger partial charge in [0.1, 0.15) is 5.75 Å². The number of carbonyl (C=O) groups is 1. The molecule has 1 aromatic heterocycles. The van der Waals surface area contributed by atoms with Crippen molar-refractivity contribution in [3.05, 3.63) is 69.1 Å². The molecule has 164 valence electrons. The number of hydrogen-bond acceptors (Lipinski definition) is 5. The van der Waals surface area contributed by atoms with Crippen LogP contribution >= 0.6 is 0 Å². The van der Waals surface area contributed by atoms with Crippen LogP contribution in [0.1, 0.15) is 55.9 Å². The number of carboxylic acid groups (broad SMARTS) is 1. The summed E-state index contributed by atoms with van der Waals surface area (Å²) in [6.07, 6.45) is 0. The molecule has 0 radical (unpaired) electrons. The van der Waals surface area contributed by atoms with E-state index in [4.69, 9.17) is 4.74 Å². The normalized spacial score (nSPS) is 11.7. The zero-order valence-electron chi connectivity index (χ0n) is 18.7. The third-order valence-corrected chi connectivity index (χ3v) is 5.15. The van der Waals surface area contributed by atoms with E-state index in [2.05, 4.69) is 24.3 Å². The highest BCUT2D eigenvalue weighted by molar-refractivity contribution is 5.77. The first kappa shape index (κ1) is 22.3. The summed E-state index contributed by atoms with van der Waals surface area (Å²) in [6, 6.07) is 11.4. The van der Waals surface area contributed by atoms with Crippen molar-refractivity contribution in [2.24, 2.45) is 0 Å². The maximum Gasteiger partial charge on any atom is 0.368 e. The lowest BCUT2D eigenvalue weighted by Crippen LogP contribution is -2.38. The highest BCUT2D eigenvalue weighted by atomic mass is 16.5. The summed E-state index contributed by atoms with van der Waals surface area (Å²) in [5.74, 6) is -0.179. The Bertz CT molecular complexity index is 1150. The van der Waals surface area contributed by atoms with Gasteiger partial charge in [-0.05, 0) is 78.4 Å². The smallest absolute Gasteiger partial charge is 0.368 e. The van der Waals surface area contributed by atoms with Crippen LogP contribution in [0.25, 0.3) is 5.69 Å². The predicted molar refractivity (Wildman–Crippen MR) is 117 cm³/mol. The van der Waals surface area contributed by atoms with E-state index in [1.807, 2.05) is 50.2 Å². The second-order valence-electron chi connectivity index (χ2n) is 8.56. The Kier molecular flexibility index (Phi) is 6.01. The number of benzene rings is 2. The number of aliphatic carboxylic acids is 1. The van der Waals surface area contributed by atoms with Gasteiger partial charge in [0.2, 0.25) is 0 Å². The van der Waals surface area contributed by atoms with Gasteiger partial charge in [0.15, 0.2) is 5.60 Å². The fourth-order valence-corrected chi connectivity index (χ4v) is 3.32. The van der Waals surface area contributed by atoms with Gasteiger partial charge in [-0.3, -0.25) is 0 Å². The Balaban J connectivity index is 1.88. The monoisotopic (exact) mass is 424 g/mol. The molecule has 0 atom stereocenters. The molecule has 0 unspecified atom stereocenters. The van der Waals surface area contributed by atoms with Crippen LogP contribution in [0.2, 0.25) is 0 Å². The van der Waals surface area contributed by atoms with E-state index in [0.29, 0.717) is 17.4 Å². The summed E-state index contributed by atoms with van der Waals surface area (Å²) < 4.78 is 8.34. The van der Waals surface area contributed by atoms with E-state index in [9.17, 15) is 14.7 Å². The standard InChI is InChI=1S/C23H28N4O4/c1-14(2)18-8-7-9-19(12-18)27-22(30)26(24-25-27)13-17-10-15(3)20(16(4)11-17)31-23(5,6)21(28)29/h7-12,14H,13H2,1-6H3,(H,28,29).